The van der Waals surface area contributed by atoms with Gasteiger partial charge in [-0.2, -0.15) is 0 Å². The van der Waals surface area contributed by atoms with Crippen LogP contribution >= 0.6 is 0 Å². The highest BCUT2D eigenvalue weighted by Crippen LogP contribution is 2.11. The number of halogens is 2. The van der Waals surface area contributed by atoms with Crippen LogP contribution in [-0.2, 0) is 0 Å². The van der Waals surface area contributed by atoms with Crippen LogP contribution in [0.25, 0.3) is 0 Å². The molecule has 0 radical (unpaired) electrons. The Morgan fingerprint density at radius 2 is 2.23 bits per heavy atom. The molecule has 0 aromatic rings. The zero-order chi connectivity index (χ0) is 9.84. The highest BCUT2D eigenvalue weighted by Gasteiger charge is 2.29. The minimum absolute atomic E-state index is 0.187. The lowest BCUT2D eigenvalue weighted by Gasteiger charge is -2.33. The van der Waals surface area contributed by atoms with Gasteiger partial charge in [-0.05, 0) is 0 Å². The Morgan fingerprint density at radius 1 is 1.54 bits per heavy atom. The maximum Gasteiger partial charge on any atom is 0.261 e. The van der Waals surface area contributed by atoms with E-state index in [1.807, 2.05) is 0 Å². The lowest BCUT2D eigenvalue weighted by Crippen LogP contribution is -2.53. The lowest BCUT2D eigenvalue weighted by molar-refractivity contribution is 0.0137. The summed E-state index contributed by atoms with van der Waals surface area (Å²) in [6.45, 7) is 1.21. The van der Waals surface area contributed by atoms with E-state index in [0.717, 1.165) is 0 Å². The molecule has 5 nitrogen and oxygen atoms in total. The van der Waals surface area contributed by atoms with Gasteiger partial charge in [-0.15, -0.1) is 5.10 Å². The number of hydrogen-bond acceptors (Lipinski definition) is 3. The number of rotatable bonds is 2. The largest absolute Gasteiger partial charge is 0.369 e. The minimum atomic E-state index is -2.45. The third-order valence-electron chi connectivity index (χ3n) is 1.79. The molecule has 76 valence electrons. The first-order valence-corrected chi connectivity index (χ1v) is 3.96. The van der Waals surface area contributed by atoms with Crippen LogP contribution in [0, 0.1) is 0 Å². The second-order valence-corrected chi connectivity index (χ2v) is 2.79. The summed E-state index contributed by atoms with van der Waals surface area (Å²) >= 11 is 0. The van der Waals surface area contributed by atoms with E-state index < -0.39 is 12.5 Å². The van der Waals surface area contributed by atoms with Gasteiger partial charge in [0.05, 0.1) is 0 Å². The van der Waals surface area contributed by atoms with Gasteiger partial charge in [-0.1, -0.05) is 0 Å². The van der Waals surface area contributed by atoms with Gasteiger partial charge in [-0.3, -0.25) is 5.01 Å². The van der Waals surface area contributed by atoms with E-state index in [0.29, 0.717) is 13.1 Å². The van der Waals surface area contributed by atoms with E-state index in [9.17, 15) is 8.78 Å². The molecule has 0 spiro atoms. The van der Waals surface area contributed by atoms with E-state index in [1.165, 1.54) is 5.01 Å². The maximum absolute atomic E-state index is 12.4. The molecule has 0 saturated carbocycles. The van der Waals surface area contributed by atoms with E-state index in [2.05, 4.69) is 10.4 Å². The van der Waals surface area contributed by atoms with Crippen molar-refractivity contribution in [1.82, 2.24) is 10.3 Å². The maximum atomic E-state index is 12.4. The number of nitrogens with zero attached hydrogens (tertiary/aromatic N) is 2. The molecule has 1 rings (SSSR count). The zero-order valence-corrected chi connectivity index (χ0v) is 7.08. The summed E-state index contributed by atoms with van der Waals surface area (Å²) in [7, 11) is 0. The summed E-state index contributed by atoms with van der Waals surface area (Å²) in [5.74, 6) is -0.187. The van der Waals surface area contributed by atoms with Crippen molar-refractivity contribution >= 4 is 5.96 Å². The molecule has 7 heteroatoms. The fraction of sp³-hybridized carbons (Fsp3) is 0.833. The Morgan fingerprint density at radius 3 is 2.77 bits per heavy atom. The molecule has 0 bridgehead atoms. The summed E-state index contributed by atoms with van der Waals surface area (Å²) in [6, 6.07) is -0.934. The molecular formula is C6H13F2N5. The number of hydrogen-bond donors (Lipinski definition) is 3. The zero-order valence-electron chi connectivity index (χ0n) is 7.08. The van der Waals surface area contributed by atoms with Gasteiger partial charge in [0, 0.05) is 19.6 Å². The molecule has 5 N–H and O–H groups in total. The number of nitrogens with one attached hydrogen (secondary N) is 1. The molecule has 1 aliphatic heterocycles. The van der Waals surface area contributed by atoms with Crippen LogP contribution in [-0.4, -0.2) is 43.1 Å². The molecule has 0 aromatic heterocycles. The van der Waals surface area contributed by atoms with Crippen LogP contribution in [0.15, 0.2) is 5.10 Å². The Hall–Kier alpha value is -1.11. The first-order valence-electron chi connectivity index (χ1n) is 3.96. The molecule has 1 fully saturated rings. The summed E-state index contributed by atoms with van der Waals surface area (Å²) in [6.07, 6.45) is -2.45. The van der Waals surface area contributed by atoms with Gasteiger partial charge in [0.25, 0.3) is 6.43 Å². The summed E-state index contributed by atoms with van der Waals surface area (Å²) < 4.78 is 24.8. The van der Waals surface area contributed by atoms with Gasteiger partial charge in [0.15, 0.2) is 0 Å². The smallest absolute Gasteiger partial charge is 0.261 e. The van der Waals surface area contributed by atoms with Gasteiger partial charge < -0.3 is 16.8 Å². The van der Waals surface area contributed by atoms with Crippen molar-refractivity contribution in [2.75, 3.05) is 19.6 Å². The molecule has 0 aliphatic carbocycles. The number of alkyl halides is 2. The van der Waals surface area contributed by atoms with E-state index in [-0.39, 0.29) is 12.5 Å². The molecule has 0 unspecified atom stereocenters. The Bertz CT molecular complexity index is 191. The third-order valence-corrected chi connectivity index (χ3v) is 1.79. The number of nitrogens with two attached hydrogens (primary N) is 2. The first kappa shape index (κ1) is 9.97. The van der Waals surface area contributed by atoms with E-state index >= 15 is 0 Å². The molecule has 13 heavy (non-hydrogen) atoms. The molecular weight excluding hydrogens is 180 g/mol. The Labute approximate surface area is 74.7 Å². The summed E-state index contributed by atoms with van der Waals surface area (Å²) in [5, 5.41) is 7.70. The van der Waals surface area contributed by atoms with Crippen molar-refractivity contribution in [3.05, 3.63) is 0 Å². The summed E-state index contributed by atoms with van der Waals surface area (Å²) in [4.78, 5) is 0. The van der Waals surface area contributed by atoms with Gasteiger partial charge in [-0.25, -0.2) is 8.78 Å². The topological polar surface area (TPSA) is 79.7 Å². The average Bonchev–Trinajstić information content (AvgIpc) is 2.03. The predicted molar refractivity (Wildman–Crippen MR) is 45.2 cm³/mol. The van der Waals surface area contributed by atoms with Crippen molar-refractivity contribution in [1.29, 1.82) is 0 Å². The molecule has 1 saturated heterocycles. The van der Waals surface area contributed by atoms with Crippen LogP contribution in [0.5, 0.6) is 0 Å². The van der Waals surface area contributed by atoms with Crippen LogP contribution in [0.1, 0.15) is 0 Å². The lowest BCUT2D eigenvalue weighted by atomic mass is 10.2. The SMILES string of the molecule is NC(N)=NN1CCNC[C@@H]1C(F)F. The quantitative estimate of drug-likeness (QED) is 0.377. The fourth-order valence-electron chi connectivity index (χ4n) is 1.21. The van der Waals surface area contributed by atoms with Crippen LogP contribution in [0.4, 0.5) is 8.78 Å². The standard InChI is InChI=1S/C6H13F2N5/c7-5(8)4-3-11-1-2-13(4)12-6(9)10/h4-5,11H,1-3H2,(H4,9,10,12)/t4-/m1/s1. The first-order chi connectivity index (χ1) is 6.11. The summed E-state index contributed by atoms with van der Waals surface area (Å²) in [5.41, 5.74) is 10.2. The van der Waals surface area contributed by atoms with Crippen molar-refractivity contribution in [2.24, 2.45) is 16.6 Å². The Kier molecular flexibility index (Phi) is 3.24. The Balaban J connectivity index is 2.62. The second kappa shape index (κ2) is 4.22. The normalized spacial score (nSPS) is 23.3. The van der Waals surface area contributed by atoms with Crippen molar-refractivity contribution in [3.8, 4) is 0 Å². The minimum Gasteiger partial charge on any atom is -0.369 e. The van der Waals surface area contributed by atoms with E-state index in [1.54, 1.807) is 0 Å². The monoisotopic (exact) mass is 193 g/mol. The second-order valence-electron chi connectivity index (χ2n) is 2.79. The number of piperazine rings is 1. The third kappa shape index (κ3) is 2.69. The highest BCUT2D eigenvalue weighted by molar-refractivity contribution is 5.75. The predicted octanol–water partition coefficient (Wildman–Crippen LogP) is -1.29. The average molecular weight is 193 g/mol. The number of hydrazone groups is 1. The molecule has 0 amide bonds. The molecule has 1 atom stereocenters. The fourth-order valence-corrected chi connectivity index (χ4v) is 1.21. The highest BCUT2D eigenvalue weighted by atomic mass is 19.3. The number of guanidine groups is 1. The van der Waals surface area contributed by atoms with Crippen molar-refractivity contribution in [2.45, 2.75) is 12.5 Å². The van der Waals surface area contributed by atoms with Gasteiger partial charge in [0.2, 0.25) is 5.96 Å². The molecule has 1 aliphatic rings. The van der Waals surface area contributed by atoms with Crippen molar-refractivity contribution < 1.29 is 8.78 Å². The van der Waals surface area contributed by atoms with Gasteiger partial charge in [0.1, 0.15) is 6.04 Å². The van der Waals surface area contributed by atoms with Crippen LogP contribution < -0.4 is 16.8 Å². The van der Waals surface area contributed by atoms with Crippen LogP contribution in [0.3, 0.4) is 0 Å². The van der Waals surface area contributed by atoms with E-state index in [4.69, 9.17) is 11.5 Å². The van der Waals surface area contributed by atoms with Gasteiger partial charge >= 0.3 is 0 Å². The van der Waals surface area contributed by atoms with Crippen molar-refractivity contribution in [3.63, 3.8) is 0 Å². The molecule has 0 aromatic carbocycles. The molecule has 1 heterocycles. The van der Waals surface area contributed by atoms with Crippen LogP contribution in [0.2, 0.25) is 0 Å².